The van der Waals surface area contributed by atoms with Gasteiger partial charge in [0.1, 0.15) is 46.0 Å². The zero-order valence-corrected chi connectivity index (χ0v) is 51.7. The summed E-state index contributed by atoms with van der Waals surface area (Å²) in [4.78, 5) is 114. The van der Waals surface area contributed by atoms with E-state index in [0.29, 0.717) is 0 Å². The first kappa shape index (κ1) is 62.0. The van der Waals surface area contributed by atoms with E-state index in [4.69, 9.17) is 139 Å². The van der Waals surface area contributed by atoms with E-state index in [-0.39, 0.29) is 140 Å². The van der Waals surface area contributed by atoms with E-state index in [2.05, 4.69) is 41.7 Å². The fourth-order valence-electron chi connectivity index (χ4n) is 9.42. The maximum absolute atomic E-state index is 15.4. The van der Waals surface area contributed by atoms with Crippen molar-refractivity contribution in [3.05, 3.63) is 208 Å². The number of nitrogens with zero attached hydrogens (tertiary/aromatic N) is 4. The lowest BCUT2D eigenvalue weighted by Gasteiger charge is -2.20. The summed E-state index contributed by atoms with van der Waals surface area (Å²) < 4.78 is 3.59. The number of hydrogen-bond donors (Lipinski definition) is 8. The van der Waals surface area contributed by atoms with E-state index in [9.17, 15) is 19.2 Å². The molecular weight excluding hydrogens is 1350 g/mol. The molecule has 434 valence electrons. The van der Waals surface area contributed by atoms with Gasteiger partial charge in [0.15, 0.2) is 0 Å². The van der Waals surface area contributed by atoms with Crippen LogP contribution in [0.1, 0.15) is 72.9 Å². The van der Waals surface area contributed by atoms with Gasteiger partial charge in [0.2, 0.25) is 23.6 Å². The zero-order chi connectivity index (χ0) is 61.2. The Morgan fingerprint density at radius 2 is 0.500 bits per heavy atom. The molecule has 84 heavy (non-hydrogen) atoms. The Morgan fingerprint density at radius 3 is 0.655 bits per heavy atom. The molecule has 4 amide bonds. The van der Waals surface area contributed by atoms with Gasteiger partial charge in [0, 0.05) is 47.8 Å². The molecule has 0 atom stereocenters. The number of benzene rings is 5. The number of amides is 4. The fraction of sp³-hybridized carbons (Fsp3) is 0.115. The Kier molecular flexibility index (Phi) is 18.1. The molecular formula is C52H34Cl12N12O8. The molecule has 5 aromatic carbocycles. The Labute approximate surface area is 531 Å². The summed E-state index contributed by atoms with van der Waals surface area (Å²) in [6.45, 7) is 4.56. The van der Waals surface area contributed by atoms with Crippen LogP contribution in [0.4, 0.5) is 23.3 Å². The van der Waals surface area contributed by atoms with Crippen LogP contribution in [-0.2, 0) is 19.2 Å². The second-order valence-corrected chi connectivity index (χ2v) is 23.3. The van der Waals surface area contributed by atoms with Crippen LogP contribution in [-0.4, -0.2) is 62.8 Å². The Morgan fingerprint density at radius 1 is 0.333 bits per heavy atom. The van der Waals surface area contributed by atoms with E-state index in [0.717, 1.165) is 46.4 Å². The van der Waals surface area contributed by atoms with Crippen LogP contribution in [0.3, 0.4) is 0 Å². The fourth-order valence-corrected chi connectivity index (χ4v) is 13.4. The molecule has 0 bridgehead atoms. The van der Waals surface area contributed by atoms with E-state index in [1.165, 1.54) is 72.8 Å². The topological polar surface area (TPSA) is 268 Å². The number of hydrogen-bond acceptors (Lipinski definition) is 8. The second kappa shape index (κ2) is 24.5. The quantitative estimate of drug-likeness (QED) is 0.0517. The molecule has 0 saturated heterocycles. The van der Waals surface area contributed by atoms with Crippen molar-refractivity contribution in [3.63, 3.8) is 0 Å². The third-order valence-corrected chi connectivity index (χ3v) is 15.7. The SMILES string of the molecule is CC(=O)Nc1[nH]n(-c2c(Cl)cc(Cl)cc2Cl)c(=O)c1C(c1ccc(C(c2c(NC(C)=O)[nH]n(-c3c(Cl)cc(Cl)cc3Cl)c2=O)c2c(NC(C)=O)[nH]n(-c3c(Cl)cc(Cl)cc3Cl)c2=O)cc1)c1c(NC(C)=O)[nH]n(-c2c(Cl)cc(Cl)cc2Cl)c1=O. The molecule has 0 fully saturated rings. The van der Waals surface area contributed by atoms with Crippen molar-refractivity contribution < 1.29 is 19.2 Å². The molecule has 0 saturated carbocycles. The number of nitrogens with one attached hydrogen (secondary N) is 8. The third kappa shape index (κ3) is 11.9. The summed E-state index contributed by atoms with van der Waals surface area (Å²) in [6.07, 6.45) is 0. The monoisotopic (exact) mass is 1370 g/mol. The van der Waals surface area contributed by atoms with E-state index < -0.39 is 57.7 Å². The predicted molar refractivity (Wildman–Crippen MR) is 331 cm³/mol. The van der Waals surface area contributed by atoms with Gasteiger partial charge in [0.25, 0.3) is 22.2 Å². The van der Waals surface area contributed by atoms with Crippen molar-refractivity contribution >= 4 is 186 Å². The smallest absolute Gasteiger partial charge is 0.277 e. The zero-order valence-electron chi connectivity index (χ0n) is 42.7. The van der Waals surface area contributed by atoms with Gasteiger partial charge in [-0.1, -0.05) is 163 Å². The molecule has 0 radical (unpaired) electrons. The van der Waals surface area contributed by atoms with Gasteiger partial charge in [-0.05, 0) is 59.7 Å². The molecule has 9 aromatic rings. The van der Waals surface area contributed by atoms with E-state index in [1.54, 1.807) is 0 Å². The number of anilines is 4. The molecule has 20 nitrogen and oxygen atoms in total. The Hall–Kier alpha value is -6.50. The highest BCUT2D eigenvalue weighted by molar-refractivity contribution is 6.43. The highest BCUT2D eigenvalue weighted by atomic mass is 35.5. The minimum Gasteiger partial charge on any atom is -0.311 e. The molecule has 0 aliphatic heterocycles. The molecule has 4 aromatic heterocycles. The number of H-pyrrole nitrogens is 4. The van der Waals surface area contributed by atoms with Crippen LogP contribution in [0, 0.1) is 0 Å². The third-order valence-electron chi connectivity index (χ3n) is 12.5. The minimum absolute atomic E-state index is 0.0189. The van der Waals surface area contributed by atoms with Gasteiger partial charge in [-0.25, -0.2) is 18.7 Å². The van der Waals surface area contributed by atoms with Crippen molar-refractivity contribution in [1.29, 1.82) is 0 Å². The largest absolute Gasteiger partial charge is 0.311 e. The molecule has 32 heteroatoms. The van der Waals surface area contributed by atoms with Crippen LogP contribution < -0.4 is 43.5 Å². The molecule has 8 N–H and O–H groups in total. The first-order chi connectivity index (χ1) is 39.6. The lowest BCUT2D eigenvalue weighted by Crippen LogP contribution is -2.27. The average molecular weight is 1380 g/mol. The number of carbonyl (C=O) groups is 4. The van der Waals surface area contributed by atoms with Crippen molar-refractivity contribution in [2.75, 3.05) is 21.3 Å². The van der Waals surface area contributed by atoms with Crippen LogP contribution >= 0.6 is 139 Å². The second-order valence-electron chi connectivity index (χ2n) is 18.3. The Bertz CT molecular complexity index is 3880. The van der Waals surface area contributed by atoms with Gasteiger partial charge in [0.05, 0.1) is 74.3 Å². The highest BCUT2D eigenvalue weighted by Gasteiger charge is 2.38. The van der Waals surface area contributed by atoms with Gasteiger partial charge in [-0.15, -0.1) is 0 Å². The van der Waals surface area contributed by atoms with Gasteiger partial charge >= 0.3 is 0 Å². The normalized spacial score (nSPS) is 11.5. The summed E-state index contributed by atoms with van der Waals surface area (Å²) in [5.74, 6) is -7.53. The molecule has 0 spiro atoms. The van der Waals surface area contributed by atoms with Gasteiger partial charge in [-0.2, -0.15) is 0 Å². The lowest BCUT2D eigenvalue weighted by molar-refractivity contribution is -0.115. The number of carbonyl (C=O) groups excluding carboxylic acids is 4. The first-order valence-corrected chi connectivity index (χ1v) is 28.3. The number of aromatic nitrogens is 8. The van der Waals surface area contributed by atoms with Crippen molar-refractivity contribution in [2.24, 2.45) is 0 Å². The maximum atomic E-state index is 15.4. The van der Waals surface area contributed by atoms with Crippen molar-refractivity contribution in [1.82, 2.24) is 39.1 Å². The summed E-state index contributed by atoms with van der Waals surface area (Å²) in [6, 6.07) is 15.9. The highest BCUT2D eigenvalue weighted by Crippen LogP contribution is 2.43. The van der Waals surface area contributed by atoms with Crippen molar-refractivity contribution in [3.8, 4) is 22.7 Å². The minimum atomic E-state index is -1.70. The summed E-state index contributed by atoms with van der Waals surface area (Å²) in [7, 11) is 0. The average Bonchev–Trinajstić information content (AvgIpc) is 2.39. The number of aromatic amines is 4. The maximum Gasteiger partial charge on any atom is 0.277 e. The molecule has 9 rings (SSSR count). The van der Waals surface area contributed by atoms with E-state index in [1.807, 2.05) is 0 Å². The molecule has 0 aliphatic carbocycles. The lowest BCUT2D eigenvalue weighted by atomic mass is 9.83. The van der Waals surface area contributed by atoms with Crippen LogP contribution in [0.25, 0.3) is 22.7 Å². The van der Waals surface area contributed by atoms with E-state index >= 15 is 19.2 Å². The molecule has 0 aliphatic rings. The van der Waals surface area contributed by atoms with Crippen LogP contribution in [0.5, 0.6) is 0 Å². The predicted octanol–water partition coefficient (Wildman–Crippen LogP) is 13.6. The number of halogens is 12. The van der Waals surface area contributed by atoms with Crippen molar-refractivity contribution in [2.45, 2.75) is 39.5 Å². The summed E-state index contributed by atoms with van der Waals surface area (Å²) in [5.41, 5.74) is -5.93. The standard InChI is InChI=1S/C52H34Cl12N12O8/c1-17(77)65-45-37(49(81)73(69-45)41-27(57)9-23(53)10-28(41)58)35(38-46(66-18(2)78)70-74(50(38)82)42-29(59)11-24(54)12-30(42)60)21-5-7-22(8-6-21)36(39-47(67-19(3)79)71-75(51(39)83)43-31(61)13-25(55)14-32(43)62)40-48(68-20(4)80)72-76(52(40)84)44-33(63)15-26(56)16-34(44)64/h5-16,35-36,69-72H,1-4H3,(H,65,77)(H,66,78)(H,67,79)(H,68,80). The van der Waals surface area contributed by atoms with Crippen LogP contribution in [0.15, 0.2) is 92.0 Å². The van der Waals surface area contributed by atoms with Crippen LogP contribution in [0.2, 0.25) is 60.3 Å². The molecule has 0 unspecified atom stereocenters. The summed E-state index contributed by atoms with van der Waals surface area (Å²) in [5, 5.41) is 21.1. The summed E-state index contributed by atoms with van der Waals surface area (Å²) >= 11 is 78.7. The van der Waals surface area contributed by atoms with Gasteiger partial charge in [-0.3, -0.25) is 58.8 Å². The van der Waals surface area contributed by atoms with Gasteiger partial charge < -0.3 is 21.3 Å². The molecule has 4 heterocycles. The first-order valence-electron chi connectivity index (χ1n) is 23.8. The Balaban J connectivity index is 1.41. The number of rotatable bonds is 14.